The van der Waals surface area contributed by atoms with Gasteiger partial charge in [-0.15, -0.1) is 0 Å². The van der Waals surface area contributed by atoms with Gasteiger partial charge in [-0.1, -0.05) is 35.9 Å². The van der Waals surface area contributed by atoms with Gasteiger partial charge in [0.2, 0.25) is 11.8 Å². The van der Waals surface area contributed by atoms with Gasteiger partial charge in [-0.2, -0.15) is 0 Å². The van der Waals surface area contributed by atoms with E-state index in [2.05, 4.69) is 5.32 Å². The van der Waals surface area contributed by atoms with Crippen LogP contribution < -0.4 is 10.2 Å². The lowest BCUT2D eigenvalue weighted by Crippen LogP contribution is -2.33. The molecule has 0 saturated carbocycles. The van der Waals surface area contributed by atoms with Crippen LogP contribution >= 0.6 is 0 Å². The van der Waals surface area contributed by atoms with Crippen molar-refractivity contribution < 1.29 is 19.2 Å². The molecule has 0 bridgehead atoms. The fourth-order valence-electron chi connectivity index (χ4n) is 4.15. The minimum Gasteiger partial charge on any atom is -0.322 e. The molecule has 0 radical (unpaired) electrons. The summed E-state index contributed by atoms with van der Waals surface area (Å²) in [5.41, 5.74) is 2.58. The number of ketones is 1. The van der Waals surface area contributed by atoms with E-state index in [9.17, 15) is 19.2 Å². The fourth-order valence-corrected chi connectivity index (χ4v) is 4.15. The monoisotopic (exact) mass is 402 g/mol. The highest BCUT2D eigenvalue weighted by Gasteiger charge is 2.49. The number of benzene rings is 2. The highest BCUT2D eigenvalue weighted by Crippen LogP contribution is 2.40. The zero-order valence-electron chi connectivity index (χ0n) is 16.8. The van der Waals surface area contributed by atoms with Gasteiger partial charge in [0.25, 0.3) is 5.91 Å². The van der Waals surface area contributed by atoms with Crippen LogP contribution in [0.3, 0.4) is 0 Å². The SMILES string of the molecule is CC(=O)c1cccc(NC(=O)c2ccccc2N2C(=O)[C@H]3CC=C(C)C[C@H]3C2=O)c1. The van der Waals surface area contributed by atoms with Gasteiger partial charge in [0, 0.05) is 11.3 Å². The van der Waals surface area contributed by atoms with Crippen LogP contribution in [0.15, 0.2) is 60.2 Å². The number of nitrogens with zero attached hydrogens (tertiary/aromatic N) is 1. The first-order valence-electron chi connectivity index (χ1n) is 9.91. The Hall–Kier alpha value is -3.54. The quantitative estimate of drug-likeness (QED) is 0.476. The third kappa shape index (κ3) is 3.45. The summed E-state index contributed by atoms with van der Waals surface area (Å²) in [6, 6.07) is 13.2. The van der Waals surface area contributed by atoms with Crippen LogP contribution in [0.2, 0.25) is 0 Å². The molecule has 1 heterocycles. The molecular formula is C24H22N2O4. The lowest BCUT2D eigenvalue weighted by Gasteiger charge is -2.19. The molecule has 30 heavy (non-hydrogen) atoms. The van der Waals surface area contributed by atoms with Crippen molar-refractivity contribution in [1.82, 2.24) is 0 Å². The zero-order chi connectivity index (χ0) is 21.4. The van der Waals surface area contributed by atoms with Gasteiger partial charge >= 0.3 is 0 Å². The first kappa shape index (κ1) is 19.8. The zero-order valence-corrected chi connectivity index (χ0v) is 16.8. The summed E-state index contributed by atoms with van der Waals surface area (Å²) < 4.78 is 0. The van der Waals surface area contributed by atoms with Gasteiger partial charge < -0.3 is 5.32 Å². The van der Waals surface area contributed by atoms with Crippen molar-refractivity contribution in [2.45, 2.75) is 26.7 Å². The number of imide groups is 1. The van der Waals surface area contributed by atoms with Crippen LogP contribution in [0.5, 0.6) is 0 Å². The molecule has 152 valence electrons. The summed E-state index contributed by atoms with van der Waals surface area (Å²) in [6.07, 6.45) is 3.12. The van der Waals surface area contributed by atoms with Crippen molar-refractivity contribution in [1.29, 1.82) is 0 Å². The molecular weight excluding hydrogens is 380 g/mol. The number of Topliss-reactive ketones (excluding diaryl/α,β-unsaturated/α-hetero) is 1. The Labute approximate surface area is 174 Å². The molecule has 0 spiro atoms. The maximum absolute atomic E-state index is 13.1. The van der Waals surface area contributed by atoms with Crippen molar-refractivity contribution in [3.8, 4) is 0 Å². The summed E-state index contributed by atoms with van der Waals surface area (Å²) in [7, 11) is 0. The Morgan fingerprint density at radius 3 is 2.50 bits per heavy atom. The second-order valence-electron chi connectivity index (χ2n) is 7.82. The lowest BCUT2D eigenvalue weighted by atomic mass is 9.82. The van der Waals surface area contributed by atoms with E-state index in [1.807, 2.05) is 13.0 Å². The number of anilines is 2. The molecule has 0 unspecified atom stereocenters. The van der Waals surface area contributed by atoms with E-state index in [4.69, 9.17) is 0 Å². The molecule has 0 aromatic heterocycles. The van der Waals surface area contributed by atoms with E-state index in [0.29, 0.717) is 29.8 Å². The molecule has 3 amide bonds. The van der Waals surface area contributed by atoms with Crippen LogP contribution in [0.1, 0.15) is 47.4 Å². The molecule has 4 rings (SSSR count). The van der Waals surface area contributed by atoms with Crippen LogP contribution in [0.25, 0.3) is 0 Å². The predicted octanol–water partition coefficient (Wildman–Crippen LogP) is 3.99. The maximum atomic E-state index is 13.1. The van der Waals surface area contributed by atoms with Gasteiger partial charge in [-0.25, -0.2) is 4.90 Å². The normalized spacial score (nSPS) is 20.6. The molecule has 6 heteroatoms. The van der Waals surface area contributed by atoms with Gasteiger partial charge in [-0.3, -0.25) is 19.2 Å². The second-order valence-corrected chi connectivity index (χ2v) is 7.82. The largest absolute Gasteiger partial charge is 0.322 e. The van der Waals surface area contributed by atoms with Crippen molar-refractivity contribution in [3.05, 3.63) is 71.3 Å². The summed E-state index contributed by atoms with van der Waals surface area (Å²) in [4.78, 5) is 51.8. The topological polar surface area (TPSA) is 83.6 Å². The molecule has 2 aromatic rings. The minimum atomic E-state index is -0.448. The Balaban J connectivity index is 1.64. The van der Waals surface area contributed by atoms with Crippen LogP contribution in [-0.4, -0.2) is 23.5 Å². The second kappa shape index (κ2) is 7.71. The van der Waals surface area contributed by atoms with Crippen LogP contribution in [0, 0.1) is 11.8 Å². The van der Waals surface area contributed by atoms with Crippen molar-refractivity contribution in [2.75, 3.05) is 10.2 Å². The van der Waals surface area contributed by atoms with Gasteiger partial charge in [0.15, 0.2) is 5.78 Å². The highest BCUT2D eigenvalue weighted by atomic mass is 16.2. The third-order valence-electron chi connectivity index (χ3n) is 5.74. The van der Waals surface area contributed by atoms with Crippen molar-refractivity contribution in [3.63, 3.8) is 0 Å². The molecule has 1 saturated heterocycles. The first-order valence-corrected chi connectivity index (χ1v) is 9.91. The van der Waals surface area contributed by atoms with Gasteiger partial charge in [0.05, 0.1) is 23.1 Å². The smallest absolute Gasteiger partial charge is 0.257 e. The molecule has 2 atom stereocenters. The van der Waals surface area contributed by atoms with E-state index in [1.54, 1.807) is 48.5 Å². The molecule has 6 nitrogen and oxygen atoms in total. The highest BCUT2D eigenvalue weighted by molar-refractivity contribution is 6.25. The van der Waals surface area contributed by atoms with E-state index >= 15 is 0 Å². The molecule has 2 aliphatic rings. The van der Waals surface area contributed by atoms with Gasteiger partial charge in [0.1, 0.15) is 0 Å². The number of carbonyl (C=O) groups is 4. The van der Waals surface area contributed by atoms with E-state index < -0.39 is 5.91 Å². The average Bonchev–Trinajstić information content (AvgIpc) is 2.97. The number of rotatable bonds is 4. The number of fused-ring (bicyclic) bond motifs is 1. The van der Waals surface area contributed by atoms with Gasteiger partial charge in [-0.05, 0) is 51.0 Å². The van der Waals surface area contributed by atoms with Crippen LogP contribution in [0.4, 0.5) is 11.4 Å². The van der Waals surface area contributed by atoms with E-state index in [1.165, 1.54) is 11.8 Å². The lowest BCUT2D eigenvalue weighted by molar-refractivity contribution is -0.122. The van der Waals surface area contributed by atoms with Crippen LogP contribution in [-0.2, 0) is 9.59 Å². The van der Waals surface area contributed by atoms with E-state index in [-0.39, 0.29) is 35.0 Å². The number of para-hydroxylation sites is 1. The Kier molecular flexibility index (Phi) is 5.08. The Bertz CT molecular complexity index is 1100. The molecule has 1 aliphatic carbocycles. The fraction of sp³-hybridized carbons (Fsp3) is 0.250. The maximum Gasteiger partial charge on any atom is 0.257 e. The van der Waals surface area contributed by atoms with Crippen molar-refractivity contribution >= 4 is 34.9 Å². The Morgan fingerprint density at radius 1 is 1.00 bits per heavy atom. The summed E-state index contributed by atoms with van der Waals surface area (Å²) in [5.74, 6) is -1.80. The van der Waals surface area contributed by atoms with E-state index in [0.717, 1.165) is 5.57 Å². The Morgan fingerprint density at radius 2 is 1.73 bits per heavy atom. The van der Waals surface area contributed by atoms with Crippen molar-refractivity contribution in [2.24, 2.45) is 11.8 Å². The number of amides is 3. The third-order valence-corrected chi connectivity index (χ3v) is 5.74. The number of nitrogens with one attached hydrogen (secondary N) is 1. The molecule has 1 fully saturated rings. The summed E-state index contributed by atoms with van der Waals surface area (Å²) in [5, 5.41) is 2.77. The molecule has 1 aliphatic heterocycles. The average molecular weight is 402 g/mol. The number of hydrogen-bond donors (Lipinski definition) is 1. The number of allylic oxidation sites excluding steroid dienone is 2. The first-order chi connectivity index (χ1) is 14.4. The number of hydrogen-bond acceptors (Lipinski definition) is 4. The summed E-state index contributed by atoms with van der Waals surface area (Å²) >= 11 is 0. The number of carbonyl (C=O) groups excluding carboxylic acids is 4. The summed E-state index contributed by atoms with van der Waals surface area (Å²) in [6.45, 7) is 3.42. The standard InChI is InChI=1S/C24H22N2O4/c1-14-10-11-18-20(12-14)24(30)26(23(18)29)21-9-4-3-8-19(21)22(28)25-17-7-5-6-16(13-17)15(2)27/h3-10,13,18,20H,11-12H2,1-2H3,(H,25,28)/t18-,20+/m0/s1. The predicted molar refractivity (Wildman–Crippen MR) is 113 cm³/mol. The molecule has 1 N–H and O–H groups in total. The minimum absolute atomic E-state index is 0.105. The molecule has 2 aromatic carbocycles.